The maximum absolute atomic E-state index is 13.6. The first-order valence-corrected chi connectivity index (χ1v) is 8.34. The van der Waals surface area contributed by atoms with Crippen LogP contribution in [-0.2, 0) is 16.6 Å². The molecule has 0 spiro atoms. The summed E-state index contributed by atoms with van der Waals surface area (Å²) in [6, 6.07) is 3.88. The molecule has 1 rings (SSSR count). The quantitative estimate of drug-likeness (QED) is 0.724. The van der Waals surface area contributed by atoms with Gasteiger partial charge in [0, 0.05) is 18.7 Å². The van der Waals surface area contributed by atoms with Crippen molar-refractivity contribution in [3.05, 3.63) is 29.6 Å². The molecule has 0 aliphatic carbocycles. The Morgan fingerprint density at radius 1 is 1.30 bits per heavy atom. The van der Waals surface area contributed by atoms with Gasteiger partial charge in [-0.1, -0.05) is 20.8 Å². The number of benzene rings is 1. The van der Waals surface area contributed by atoms with Gasteiger partial charge in [-0.15, -0.1) is 0 Å². The Morgan fingerprint density at radius 2 is 2.00 bits per heavy atom. The van der Waals surface area contributed by atoms with E-state index in [0.29, 0.717) is 18.7 Å². The van der Waals surface area contributed by atoms with Crippen molar-refractivity contribution in [2.75, 3.05) is 13.1 Å². The number of hydrogen-bond acceptors (Lipinski definition) is 3. The number of sulfonamides is 1. The molecule has 0 amide bonds. The molecule has 20 heavy (non-hydrogen) atoms. The molecule has 6 heteroatoms. The summed E-state index contributed by atoms with van der Waals surface area (Å²) >= 11 is 0. The molecule has 1 aromatic carbocycles. The standard InChI is InChI=1S/C14H23FN2O2S/c1-4-7-16-10-12-8-13(5-6-14(12)15)20(18,19)17-9-11(2)3/h5-6,8,11,16-17H,4,7,9-10H2,1-3H3. The van der Waals surface area contributed by atoms with Gasteiger partial charge in [-0.05, 0) is 37.1 Å². The van der Waals surface area contributed by atoms with E-state index in [1.807, 2.05) is 20.8 Å². The minimum absolute atomic E-state index is 0.104. The SMILES string of the molecule is CCCNCc1cc(S(=O)(=O)NCC(C)C)ccc1F. The van der Waals surface area contributed by atoms with Crippen LogP contribution in [0.4, 0.5) is 4.39 Å². The van der Waals surface area contributed by atoms with E-state index in [-0.39, 0.29) is 10.8 Å². The van der Waals surface area contributed by atoms with Gasteiger partial charge in [0.25, 0.3) is 0 Å². The zero-order valence-electron chi connectivity index (χ0n) is 12.2. The fourth-order valence-electron chi connectivity index (χ4n) is 1.61. The van der Waals surface area contributed by atoms with E-state index in [1.54, 1.807) is 0 Å². The van der Waals surface area contributed by atoms with Crippen LogP contribution in [0, 0.1) is 11.7 Å². The number of nitrogens with one attached hydrogen (secondary N) is 2. The molecule has 0 fully saturated rings. The molecule has 0 aromatic heterocycles. The van der Waals surface area contributed by atoms with Crippen molar-refractivity contribution in [1.82, 2.24) is 10.0 Å². The summed E-state index contributed by atoms with van der Waals surface area (Å²) in [5.41, 5.74) is 0.367. The fourth-order valence-corrected chi connectivity index (χ4v) is 2.88. The summed E-state index contributed by atoms with van der Waals surface area (Å²) in [6.45, 7) is 7.32. The van der Waals surface area contributed by atoms with Crippen molar-refractivity contribution in [2.45, 2.75) is 38.6 Å². The average Bonchev–Trinajstić information content (AvgIpc) is 2.39. The van der Waals surface area contributed by atoms with Crippen molar-refractivity contribution in [2.24, 2.45) is 5.92 Å². The molecule has 0 saturated heterocycles. The topological polar surface area (TPSA) is 58.2 Å². The van der Waals surface area contributed by atoms with Gasteiger partial charge in [0.05, 0.1) is 4.90 Å². The first-order chi connectivity index (χ1) is 9.36. The first-order valence-electron chi connectivity index (χ1n) is 6.85. The highest BCUT2D eigenvalue weighted by Gasteiger charge is 2.16. The van der Waals surface area contributed by atoms with E-state index in [4.69, 9.17) is 0 Å². The summed E-state index contributed by atoms with van der Waals surface area (Å²) in [4.78, 5) is 0.104. The van der Waals surface area contributed by atoms with Gasteiger partial charge in [0.15, 0.2) is 0 Å². The third-order valence-electron chi connectivity index (χ3n) is 2.75. The lowest BCUT2D eigenvalue weighted by Crippen LogP contribution is -2.27. The molecule has 0 heterocycles. The summed E-state index contributed by atoms with van der Waals surface area (Å²) in [5, 5.41) is 3.07. The molecular weight excluding hydrogens is 279 g/mol. The molecule has 0 radical (unpaired) electrons. The van der Waals surface area contributed by atoms with Gasteiger partial charge in [0.1, 0.15) is 5.82 Å². The van der Waals surface area contributed by atoms with Gasteiger partial charge in [0.2, 0.25) is 10.0 Å². The fraction of sp³-hybridized carbons (Fsp3) is 0.571. The Labute approximate surface area is 120 Å². The molecule has 0 aliphatic rings. The summed E-state index contributed by atoms with van der Waals surface area (Å²) in [7, 11) is -3.57. The molecule has 0 aliphatic heterocycles. The van der Waals surface area contributed by atoms with Gasteiger partial charge < -0.3 is 5.32 Å². The highest BCUT2D eigenvalue weighted by atomic mass is 32.2. The zero-order valence-corrected chi connectivity index (χ0v) is 13.1. The van der Waals surface area contributed by atoms with E-state index >= 15 is 0 Å². The Hall–Kier alpha value is -0.980. The van der Waals surface area contributed by atoms with E-state index in [0.717, 1.165) is 13.0 Å². The molecule has 114 valence electrons. The maximum Gasteiger partial charge on any atom is 0.240 e. The normalized spacial score (nSPS) is 12.1. The average molecular weight is 302 g/mol. The van der Waals surface area contributed by atoms with Crippen LogP contribution in [0.1, 0.15) is 32.8 Å². The van der Waals surface area contributed by atoms with Crippen LogP contribution in [0.2, 0.25) is 0 Å². The Kier molecular flexibility index (Phi) is 6.58. The molecule has 0 saturated carbocycles. The predicted octanol–water partition coefficient (Wildman–Crippen LogP) is 2.26. The monoisotopic (exact) mass is 302 g/mol. The Morgan fingerprint density at radius 3 is 2.60 bits per heavy atom. The highest BCUT2D eigenvalue weighted by Crippen LogP contribution is 2.15. The molecule has 0 bridgehead atoms. The van der Waals surface area contributed by atoms with Crippen molar-refractivity contribution < 1.29 is 12.8 Å². The number of rotatable bonds is 8. The second-order valence-electron chi connectivity index (χ2n) is 5.18. The molecule has 1 aromatic rings. The first kappa shape index (κ1) is 17.1. The highest BCUT2D eigenvalue weighted by molar-refractivity contribution is 7.89. The number of hydrogen-bond donors (Lipinski definition) is 2. The van der Waals surface area contributed by atoms with Crippen molar-refractivity contribution in [1.29, 1.82) is 0 Å². The second kappa shape index (κ2) is 7.71. The minimum Gasteiger partial charge on any atom is -0.313 e. The van der Waals surface area contributed by atoms with Crippen LogP contribution in [0.15, 0.2) is 23.1 Å². The van der Waals surface area contributed by atoms with Crippen LogP contribution in [0.3, 0.4) is 0 Å². The van der Waals surface area contributed by atoms with Gasteiger partial charge in [-0.3, -0.25) is 0 Å². The molecule has 0 atom stereocenters. The largest absolute Gasteiger partial charge is 0.313 e. The Bertz CT molecular complexity index is 530. The minimum atomic E-state index is -3.57. The smallest absolute Gasteiger partial charge is 0.240 e. The molecule has 2 N–H and O–H groups in total. The molecule has 0 unspecified atom stereocenters. The van der Waals surface area contributed by atoms with E-state index in [1.165, 1.54) is 18.2 Å². The molecular formula is C14H23FN2O2S. The predicted molar refractivity (Wildman–Crippen MR) is 78.4 cm³/mol. The second-order valence-corrected chi connectivity index (χ2v) is 6.94. The van der Waals surface area contributed by atoms with E-state index in [2.05, 4.69) is 10.0 Å². The lowest BCUT2D eigenvalue weighted by Gasteiger charge is -2.11. The lowest BCUT2D eigenvalue weighted by molar-refractivity contribution is 0.557. The third kappa shape index (κ3) is 5.19. The summed E-state index contributed by atoms with van der Waals surface area (Å²) in [5.74, 6) is -0.174. The van der Waals surface area contributed by atoms with Crippen LogP contribution in [-0.4, -0.2) is 21.5 Å². The lowest BCUT2D eigenvalue weighted by atomic mass is 10.2. The summed E-state index contributed by atoms with van der Waals surface area (Å²) in [6.07, 6.45) is 0.940. The van der Waals surface area contributed by atoms with Crippen molar-refractivity contribution in [3.8, 4) is 0 Å². The van der Waals surface area contributed by atoms with Gasteiger partial charge >= 0.3 is 0 Å². The third-order valence-corrected chi connectivity index (χ3v) is 4.17. The van der Waals surface area contributed by atoms with Crippen LogP contribution in [0.5, 0.6) is 0 Å². The zero-order chi connectivity index (χ0) is 15.2. The van der Waals surface area contributed by atoms with Crippen molar-refractivity contribution >= 4 is 10.0 Å². The van der Waals surface area contributed by atoms with Gasteiger partial charge in [-0.25, -0.2) is 17.5 Å². The maximum atomic E-state index is 13.6. The molecule has 4 nitrogen and oxygen atoms in total. The summed E-state index contributed by atoms with van der Waals surface area (Å²) < 4.78 is 40.3. The van der Waals surface area contributed by atoms with Crippen LogP contribution < -0.4 is 10.0 Å². The van der Waals surface area contributed by atoms with Crippen LogP contribution in [0.25, 0.3) is 0 Å². The van der Waals surface area contributed by atoms with Gasteiger partial charge in [-0.2, -0.15) is 0 Å². The van der Waals surface area contributed by atoms with Crippen molar-refractivity contribution in [3.63, 3.8) is 0 Å². The van der Waals surface area contributed by atoms with E-state index in [9.17, 15) is 12.8 Å². The van der Waals surface area contributed by atoms with Crippen LogP contribution >= 0.6 is 0 Å². The number of halogens is 1. The van der Waals surface area contributed by atoms with E-state index < -0.39 is 15.8 Å². The Balaban J connectivity index is 2.87.